The highest BCUT2D eigenvalue weighted by atomic mass is 16.5. The number of rotatable bonds is 13. The molecule has 1 aliphatic carbocycles. The third-order valence-corrected chi connectivity index (χ3v) is 6.97. The number of ether oxygens (including phenoxy) is 4. The first-order valence-corrected chi connectivity index (χ1v) is 12.3. The zero-order valence-corrected chi connectivity index (χ0v) is 22.3. The lowest BCUT2D eigenvalue weighted by molar-refractivity contribution is -0.130. The summed E-state index contributed by atoms with van der Waals surface area (Å²) in [7, 11) is 8.74. The second-order valence-electron chi connectivity index (χ2n) is 9.21. The molecule has 7 heteroatoms. The second kappa shape index (κ2) is 12.2. The number of carbonyl (C=O) groups is 1. The van der Waals surface area contributed by atoms with Gasteiger partial charge in [0.1, 0.15) is 0 Å². The SMILES string of the molecule is CCN(CCCN(C)CC1Cc2cc(OC)c(OC)cc21)C(=O)Cc1cc(OC)c(OC)cc1C. The lowest BCUT2D eigenvalue weighted by Gasteiger charge is -2.34. The van der Waals surface area contributed by atoms with Crippen LogP contribution in [0.2, 0.25) is 0 Å². The van der Waals surface area contributed by atoms with Crippen LogP contribution >= 0.6 is 0 Å². The Hall–Kier alpha value is -2.93. The van der Waals surface area contributed by atoms with Crippen molar-refractivity contribution < 1.29 is 23.7 Å². The number of methoxy groups -OCH3 is 4. The molecule has 0 aliphatic heterocycles. The highest BCUT2D eigenvalue weighted by Crippen LogP contribution is 2.42. The maximum atomic E-state index is 13.0. The largest absolute Gasteiger partial charge is 0.493 e. The van der Waals surface area contributed by atoms with Crippen molar-refractivity contribution in [3.8, 4) is 23.0 Å². The fourth-order valence-electron chi connectivity index (χ4n) is 4.85. The predicted octanol–water partition coefficient (Wildman–Crippen LogP) is 4.08. The molecule has 1 amide bonds. The van der Waals surface area contributed by atoms with E-state index in [1.165, 1.54) is 11.1 Å². The van der Waals surface area contributed by atoms with E-state index < -0.39 is 0 Å². The number of nitrogens with zero attached hydrogens (tertiary/aromatic N) is 2. The van der Waals surface area contributed by atoms with Crippen molar-refractivity contribution in [1.82, 2.24) is 9.80 Å². The van der Waals surface area contributed by atoms with Crippen molar-refractivity contribution in [3.05, 3.63) is 46.5 Å². The van der Waals surface area contributed by atoms with Crippen LogP contribution in [0.1, 0.15) is 41.5 Å². The van der Waals surface area contributed by atoms with E-state index in [4.69, 9.17) is 18.9 Å². The Morgan fingerprint density at radius 3 is 2.14 bits per heavy atom. The number of carbonyl (C=O) groups excluding carboxylic acids is 1. The molecule has 1 aliphatic rings. The summed E-state index contributed by atoms with van der Waals surface area (Å²) in [4.78, 5) is 17.3. The van der Waals surface area contributed by atoms with Gasteiger partial charge in [0.2, 0.25) is 5.91 Å². The first-order chi connectivity index (χ1) is 16.8. The number of benzene rings is 2. The van der Waals surface area contributed by atoms with Gasteiger partial charge in [0.05, 0.1) is 34.9 Å². The number of fused-ring (bicyclic) bond motifs is 1. The van der Waals surface area contributed by atoms with Crippen LogP contribution in [0.5, 0.6) is 23.0 Å². The lowest BCUT2D eigenvalue weighted by Crippen LogP contribution is -2.36. The molecule has 7 nitrogen and oxygen atoms in total. The molecule has 0 fully saturated rings. The summed E-state index contributed by atoms with van der Waals surface area (Å²) < 4.78 is 21.7. The van der Waals surface area contributed by atoms with Crippen LogP contribution in [0.25, 0.3) is 0 Å². The molecule has 1 atom stereocenters. The van der Waals surface area contributed by atoms with Gasteiger partial charge in [0, 0.05) is 25.6 Å². The van der Waals surface area contributed by atoms with Gasteiger partial charge in [-0.2, -0.15) is 0 Å². The summed E-state index contributed by atoms with van der Waals surface area (Å²) in [6.45, 7) is 7.42. The number of hydrogen-bond donors (Lipinski definition) is 0. The van der Waals surface area contributed by atoms with E-state index in [1.807, 2.05) is 30.9 Å². The van der Waals surface area contributed by atoms with E-state index in [9.17, 15) is 4.79 Å². The first kappa shape index (κ1) is 26.7. The first-order valence-electron chi connectivity index (χ1n) is 12.3. The van der Waals surface area contributed by atoms with Gasteiger partial charge in [-0.05, 0) is 86.8 Å². The molecular weight excluding hydrogens is 444 g/mol. The molecule has 0 N–H and O–H groups in total. The molecule has 0 heterocycles. The maximum absolute atomic E-state index is 13.0. The van der Waals surface area contributed by atoms with Crippen molar-refractivity contribution >= 4 is 5.91 Å². The zero-order valence-electron chi connectivity index (χ0n) is 22.3. The van der Waals surface area contributed by atoms with Gasteiger partial charge in [-0.15, -0.1) is 0 Å². The number of amides is 1. The number of likely N-dealkylation sites (N-methyl/N-ethyl adjacent to an activating group) is 2. The van der Waals surface area contributed by atoms with Crippen LogP contribution in [0, 0.1) is 6.92 Å². The molecule has 0 saturated carbocycles. The average molecular weight is 485 g/mol. The van der Waals surface area contributed by atoms with E-state index in [0.29, 0.717) is 30.4 Å². The summed E-state index contributed by atoms with van der Waals surface area (Å²) in [6, 6.07) is 8.05. The van der Waals surface area contributed by atoms with Crippen LogP contribution in [0.15, 0.2) is 24.3 Å². The van der Waals surface area contributed by atoms with Crippen molar-refractivity contribution in [2.75, 3.05) is 61.7 Å². The van der Waals surface area contributed by atoms with Crippen LogP contribution in [-0.4, -0.2) is 77.4 Å². The number of hydrogen-bond acceptors (Lipinski definition) is 6. The van der Waals surface area contributed by atoms with E-state index in [2.05, 4.69) is 24.1 Å². The number of aryl methyl sites for hydroxylation is 1. The van der Waals surface area contributed by atoms with Crippen molar-refractivity contribution in [2.24, 2.45) is 0 Å². The topological polar surface area (TPSA) is 60.5 Å². The summed E-state index contributed by atoms with van der Waals surface area (Å²) in [5, 5.41) is 0. The Kier molecular flexibility index (Phi) is 9.26. The van der Waals surface area contributed by atoms with E-state index >= 15 is 0 Å². The van der Waals surface area contributed by atoms with Crippen LogP contribution in [-0.2, 0) is 17.6 Å². The van der Waals surface area contributed by atoms with Gasteiger partial charge in [-0.1, -0.05) is 0 Å². The molecule has 0 aromatic heterocycles. The monoisotopic (exact) mass is 484 g/mol. The highest BCUT2D eigenvalue weighted by molar-refractivity contribution is 5.79. The third kappa shape index (κ3) is 6.20. The molecule has 0 spiro atoms. The van der Waals surface area contributed by atoms with Gasteiger partial charge >= 0.3 is 0 Å². The van der Waals surface area contributed by atoms with Crippen LogP contribution in [0.4, 0.5) is 0 Å². The molecule has 3 rings (SSSR count). The van der Waals surface area contributed by atoms with Gasteiger partial charge in [-0.25, -0.2) is 0 Å². The standard InChI is InChI=1S/C28H40N2O5/c1-8-30(28(31)16-20-14-25(33-5)24(32-4)12-19(20)2)11-9-10-29(3)18-22-13-21-15-26(34-6)27(35-7)17-23(21)22/h12,14-15,17,22H,8-11,13,16,18H2,1-7H3. The summed E-state index contributed by atoms with van der Waals surface area (Å²) in [6.07, 6.45) is 2.36. The Morgan fingerprint density at radius 1 is 0.914 bits per heavy atom. The molecule has 192 valence electrons. The third-order valence-electron chi connectivity index (χ3n) is 6.97. The quantitative estimate of drug-likeness (QED) is 0.427. The molecule has 0 saturated heterocycles. The van der Waals surface area contributed by atoms with Crippen LogP contribution in [0.3, 0.4) is 0 Å². The minimum atomic E-state index is 0.138. The van der Waals surface area contributed by atoms with Crippen molar-refractivity contribution in [3.63, 3.8) is 0 Å². The molecule has 0 radical (unpaired) electrons. The van der Waals surface area contributed by atoms with E-state index in [1.54, 1.807) is 28.4 Å². The molecule has 1 unspecified atom stereocenters. The zero-order chi connectivity index (χ0) is 25.5. The Bertz CT molecular complexity index is 1020. The summed E-state index contributed by atoms with van der Waals surface area (Å²) in [5.41, 5.74) is 4.69. The van der Waals surface area contributed by atoms with Crippen LogP contribution < -0.4 is 18.9 Å². The van der Waals surface area contributed by atoms with E-state index in [0.717, 1.165) is 55.1 Å². The minimum absolute atomic E-state index is 0.138. The second-order valence-corrected chi connectivity index (χ2v) is 9.21. The molecular formula is C28H40N2O5. The normalized spacial score (nSPS) is 14.2. The van der Waals surface area contributed by atoms with Gasteiger partial charge < -0.3 is 28.7 Å². The molecule has 2 aromatic rings. The maximum Gasteiger partial charge on any atom is 0.226 e. The Balaban J connectivity index is 1.50. The molecule has 0 bridgehead atoms. The minimum Gasteiger partial charge on any atom is -0.493 e. The predicted molar refractivity (Wildman–Crippen MR) is 138 cm³/mol. The molecule has 2 aromatic carbocycles. The molecule has 35 heavy (non-hydrogen) atoms. The average Bonchev–Trinajstić information content (AvgIpc) is 2.85. The van der Waals surface area contributed by atoms with Gasteiger partial charge in [0.25, 0.3) is 0 Å². The lowest BCUT2D eigenvalue weighted by atomic mass is 9.77. The highest BCUT2D eigenvalue weighted by Gasteiger charge is 2.29. The Labute approximate surface area is 209 Å². The van der Waals surface area contributed by atoms with Gasteiger partial charge in [0.15, 0.2) is 23.0 Å². The smallest absolute Gasteiger partial charge is 0.226 e. The van der Waals surface area contributed by atoms with Gasteiger partial charge in [-0.3, -0.25) is 4.79 Å². The van der Waals surface area contributed by atoms with Crippen molar-refractivity contribution in [1.29, 1.82) is 0 Å². The summed E-state index contributed by atoms with van der Waals surface area (Å²) in [5.74, 6) is 3.57. The van der Waals surface area contributed by atoms with Crippen molar-refractivity contribution in [2.45, 2.75) is 39.0 Å². The summed E-state index contributed by atoms with van der Waals surface area (Å²) >= 11 is 0. The Morgan fingerprint density at radius 2 is 1.51 bits per heavy atom. The van der Waals surface area contributed by atoms with E-state index in [-0.39, 0.29) is 5.91 Å². The fraction of sp³-hybridized carbons (Fsp3) is 0.536. The fourth-order valence-corrected chi connectivity index (χ4v) is 4.85.